The van der Waals surface area contributed by atoms with E-state index in [1.165, 1.54) is 38.6 Å². The molecule has 60 valence electrons. The summed E-state index contributed by atoms with van der Waals surface area (Å²) in [5, 5.41) is 0. The molecule has 1 nitrogen and oxygen atoms in total. The third-order valence-corrected chi connectivity index (χ3v) is 2.76. The first-order valence-electron chi connectivity index (χ1n) is 4.30. The second-order valence-corrected chi connectivity index (χ2v) is 3.62. The first-order chi connectivity index (χ1) is 4.84. The lowest BCUT2D eigenvalue weighted by Crippen LogP contribution is -2.19. The molecule has 1 unspecified atom stereocenters. The predicted octanol–water partition coefficient (Wildman–Crippen LogP) is 2.49. The molecule has 1 atom stereocenters. The Morgan fingerprint density at radius 2 is 2.40 bits per heavy atom. The third kappa shape index (κ3) is 2.17. The summed E-state index contributed by atoms with van der Waals surface area (Å²) in [6.07, 6.45) is 6.74. The van der Waals surface area contributed by atoms with Gasteiger partial charge in [0.15, 0.2) is 0 Å². The van der Waals surface area contributed by atoms with Crippen molar-refractivity contribution in [2.45, 2.75) is 45.1 Å². The molecule has 0 spiro atoms. The maximum atomic E-state index is 4.39. The van der Waals surface area contributed by atoms with Crippen molar-refractivity contribution >= 4 is 12.8 Å². The minimum absolute atomic E-state index is 0.781. The summed E-state index contributed by atoms with van der Waals surface area (Å²) in [5.41, 5.74) is 0. The Morgan fingerprint density at radius 3 is 2.90 bits per heavy atom. The van der Waals surface area contributed by atoms with Crippen LogP contribution in [0.2, 0.25) is 0 Å². The van der Waals surface area contributed by atoms with Gasteiger partial charge in [0.25, 0.3) is 0 Å². The lowest BCUT2D eigenvalue weighted by atomic mass is 10.1. The summed E-state index contributed by atoms with van der Waals surface area (Å²) in [7, 11) is 0. The second-order valence-electron chi connectivity index (χ2n) is 3.10. The molecule has 1 heterocycles. The molecule has 0 aliphatic carbocycles. The highest BCUT2D eigenvalue weighted by Gasteiger charge is 2.20. The molecule has 0 radical (unpaired) electrons. The summed E-state index contributed by atoms with van der Waals surface area (Å²) in [4.78, 5) is 0. The van der Waals surface area contributed by atoms with Crippen LogP contribution in [0.3, 0.4) is 0 Å². The molecule has 1 aliphatic rings. The van der Waals surface area contributed by atoms with Gasteiger partial charge in [0.2, 0.25) is 0 Å². The largest absolute Gasteiger partial charge is 0.250 e. The van der Waals surface area contributed by atoms with Crippen LogP contribution in [0.15, 0.2) is 0 Å². The molecule has 1 fully saturated rings. The van der Waals surface area contributed by atoms with Crippen LogP contribution in [0, 0.1) is 0 Å². The van der Waals surface area contributed by atoms with E-state index in [4.69, 9.17) is 0 Å². The molecule has 0 amide bonds. The molecule has 10 heavy (non-hydrogen) atoms. The van der Waals surface area contributed by atoms with Crippen LogP contribution in [0.1, 0.15) is 39.0 Å². The van der Waals surface area contributed by atoms with E-state index in [9.17, 15) is 0 Å². The van der Waals surface area contributed by atoms with E-state index in [0.29, 0.717) is 0 Å². The maximum absolute atomic E-state index is 4.39. The van der Waals surface area contributed by atoms with Crippen molar-refractivity contribution < 1.29 is 0 Å². The summed E-state index contributed by atoms with van der Waals surface area (Å²) in [5.74, 6) is 0. The molecule has 1 aliphatic heterocycles. The molecular formula is C8H17NS. The molecule has 1 saturated heterocycles. The molecule has 0 aromatic carbocycles. The van der Waals surface area contributed by atoms with Gasteiger partial charge in [-0.25, -0.2) is 0 Å². The Bertz CT molecular complexity index is 95.3. The quantitative estimate of drug-likeness (QED) is 0.619. The van der Waals surface area contributed by atoms with Crippen molar-refractivity contribution in [3.8, 4) is 0 Å². The van der Waals surface area contributed by atoms with Crippen molar-refractivity contribution in [1.29, 1.82) is 0 Å². The second kappa shape index (κ2) is 4.24. The number of thiol groups is 1. The molecule has 2 heteroatoms. The molecule has 0 bridgehead atoms. The SMILES string of the molecule is CCCCC1CCCN1S. The van der Waals surface area contributed by atoms with Gasteiger partial charge in [-0.2, -0.15) is 0 Å². The van der Waals surface area contributed by atoms with Crippen LogP contribution in [0.25, 0.3) is 0 Å². The predicted molar refractivity (Wildman–Crippen MR) is 48.2 cm³/mol. The fraction of sp³-hybridized carbons (Fsp3) is 1.00. The Hall–Kier alpha value is 0.310. The van der Waals surface area contributed by atoms with Crippen molar-refractivity contribution in [3.63, 3.8) is 0 Å². The summed E-state index contributed by atoms with van der Waals surface area (Å²) >= 11 is 4.39. The van der Waals surface area contributed by atoms with Gasteiger partial charge in [0.1, 0.15) is 0 Å². The average Bonchev–Trinajstić information content (AvgIpc) is 2.31. The molecule has 1 rings (SSSR count). The number of hydrogen-bond acceptors (Lipinski definition) is 2. The van der Waals surface area contributed by atoms with Crippen molar-refractivity contribution in [3.05, 3.63) is 0 Å². The van der Waals surface area contributed by atoms with Crippen LogP contribution >= 0.6 is 12.8 Å². The van der Waals surface area contributed by atoms with Gasteiger partial charge in [-0.15, -0.1) is 0 Å². The number of hydrogen-bond donors (Lipinski definition) is 1. The maximum Gasteiger partial charge on any atom is 0.0200 e. The first kappa shape index (κ1) is 8.41. The Kier molecular flexibility index (Phi) is 3.57. The fourth-order valence-corrected chi connectivity index (χ4v) is 1.93. The van der Waals surface area contributed by atoms with E-state index in [2.05, 4.69) is 24.0 Å². The summed E-state index contributed by atoms with van der Waals surface area (Å²) in [6, 6.07) is 0.781. The van der Waals surface area contributed by atoms with E-state index in [1.54, 1.807) is 0 Å². The topological polar surface area (TPSA) is 3.24 Å². The van der Waals surface area contributed by atoms with Gasteiger partial charge in [0, 0.05) is 12.6 Å². The Morgan fingerprint density at radius 1 is 1.60 bits per heavy atom. The van der Waals surface area contributed by atoms with Crippen molar-refractivity contribution in [1.82, 2.24) is 4.31 Å². The van der Waals surface area contributed by atoms with Crippen LogP contribution in [0.4, 0.5) is 0 Å². The van der Waals surface area contributed by atoms with Gasteiger partial charge in [0.05, 0.1) is 0 Å². The van der Waals surface area contributed by atoms with Crippen LogP contribution in [0.5, 0.6) is 0 Å². The van der Waals surface area contributed by atoms with E-state index in [-0.39, 0.29) is 0 Å². The average molecular weight is 159 g/mol. The zero-order chi connectivity index (χ0) is 7.40. The minimum Gasteiger partial charge on any atom is -0.250 e. The van der Waals surface area contributed by atoms with E-state index >= 15 is 0 Å². The van der Waals surface area contributed by atoms with E-state index in [0.717, 1.165) is 6.04 Å². The van der Waals surface area contributed by atoms with Crippen LogP contribution in [-0.2, 0) is 0 Å². The van der Waals surface area contributed by atoms with Gasteiger partial charge < -0.3 is 0 Å². The lowest BCUT2D eigenvalue weighted by Gasteiger charge is -2.16. The first-order valence-corrected chi connectivity index (χ1v) is 4.70. The molecule has 0 aromatic heterocycles. The summed E-state index contributed by atoms with van der Waals surface area (Å²) in [6.45, 7) is 3.44. The Labute approximate surface area is 69.3 Å². The van der Waals surface area contributed by atoms with Crippen LogP contribution in [-0.4, -0.2) is 16.9 Å². The van der Waals surface area contributed by atoms with E-state index in [1.807, 2.05) is 0 Å². The third-order valence-electron chi connectivity index (χ3n) is 2.24. The number of rotatable bonds is 3. The van der Waals surface area contributed by atoms with Crippen LogP contribution < -0.4 is 0 Å². The van der Waals surface area contributed by atoms with Crippen molar-refractivity contribution in [2.24, 2.45) is 0 Å². The van der Waals surface area contributed by atoms with Gasteiger partial charge in [-0.05, 0) is 19.3 Å². The standard InChI is InChI=1S/C8H17NS/c1-2-3-5-8-6-4-7-9(8)10/h8,10H,2-7H2,1H3. The minimum atomic E-state index is 0.781. The zero-order valence-corrected chi connectivity index (χ0v) is 7.61. The lowest BCUT2D eigenvalue weighted by molar-refractivity contribution is 0.405. The van der Waals surface area contributed by atoms with Gasteiger partial charge >= 0.3 is 0 Å². The van der Waals surface area contributed by atoms with Gasteiger partial charge in [-0.3, -0.25) is 4.31 Å². The van der Waals surface area contributed by atoms with Crippen molar-refractivity contribution in [2.75, 3.05) is 6.54 Å². The number of nitrogens with zero attached hydrogens (tertiary/aromatic N) is 1. The highest BCUT2D eigenvalue weighted by Crippen LogP contribution is 2.22. The number of unbranched alkanes of at least 4 members (excludes halogenated alkanes) is 1. The summed E-state index contributed by atoms with van der Waals surface area (Å²) < 4.78 is 2.20. The van der Waals surface area contributed by atoms with Gasteiger partial charge in [-0.1, -0.05) is 32.6 Å². The van der Waals surface area contributed by atoms with E-state index < -0.39 is 0 Å². The fourth-order valence-electron chi connectivity index (χ4n) is 1.55. The molecule has 0 aromatic rings. The molecule has 0 N–H and O–H groups in total. The molecular weight excluding hydrogens is 142 g/mol. The monoisotopic (exact) mass is 159 g/mol. The highest BCUT2D eigenvalue weighted by atomic mass is 32.1. The molecule has 0 saturated carbocycles. The Balaban J connectivity index is 2.14. The smallest absolute Gasteiger partial charge is 0.0200 e. The highest BCUT2D eigenvalue weighted by molar-refractivity contribution is 7.77. The normalized spacial score (nSPS) is 27.6. The zero-order valence-electron chi connectivity index (χ0n) is 6.71.